The summed E-state index contributed by atoms with van der Waals surface area (Å²) in [6.07, 6.45) is 3.29. The Balaban J connectivity index is 1.46. The van der Waals surface area contributed by atoms with Crippen LogP contribution in [0.5, 0.6) is 11.5 Å². The van der Waals surface area contributed by atoms with Gasteiger partial charge in [0.1, 0.15) is 11.4 Å². The minimum atomic E-state index is -0.266. The lowest BCUT2D eigenvalue weighted by Gasteiger charge is -2.13. The van der Waals surface area contributed by atoms with Crippen molar-refractivity contribution in [2.75, 3.05) is 5.32 Å². The Hall–Kier alpha value is -4.19. The van der Waals surface area contributed by atoms with Gasteiger partial charge in [-0.15, -0.1) is 0 Å². The Morgan fingerprint density at radius 3 is 2.47 bits per heavy atom. The summed E-state index contributed by atoms with van der Waals surface area (Å²) in [4.78, 5) is 20.9. The molecule has 6 heteroatoms. The highest BCUT2D eigenvalue weighted by Crippen LogP contribution is 2.31. The van der Waals surface area contributed by atoms with Crippen molar-refractivity contribution in [3.05, 3.63) is 109 Å². The van der Waals surface area contributed by atoms with E-state index in [1.54, 1.807) is 24.5 Å². The molecule has 4 rings (SSSR count). The summed E-state index contributed by atoms with van der Waals surface area (Å²) in [6.45, 7) is 0.340. The highest BCUT2D eigenvalue weighted by atomic mass is 16.5. The molecule has 2 aromatic carbocycles. The number of carbonyl (C=O) groups is 1. The van der Waals surface area contributed by atoms with Crippen LogP contribution >= 0.6 is 0 Å². The van der Waals surface area contributed by atoms with E-state index >= 15 is 0 Å². The van der Waals surface area contributed by atoms with Gasteiger partial charge in [0.15, 0.2) is 5.75 Å². The molecule has 6 nitrogen and oxygen atoms in total. The molecule has 0 aliphatic heterocycles. The standard InChI is InChI=1S/C24H20N4O2/c29-24(27-17-19-8-6-7-14-25-19)22-16-18(13-15-26-22)28-21-11-4-5-12-23(21)30-20-9-2-1-3-10-20/h1-16H,17H2,(H,26,28)(H,27,29). The molecular formula is C24H20N4O2. The molecule has 0 saturated heterocycles. The molecule has 4 aromatic rings. The number of hydrogen-bond donors (Lipinski definition) is 2. The number of hydrogen-bond acceptors (Lipinski definition) is 5. The lowest BCUT2D eigenvalue weighted by atomic mass is 10.2. The van der Waals surface area contributed by atoms with E-state index < -0.39 is 0 Å². The molecular weight excluding hydrogens is 376 g/mol. The number of pyridine rings is 2. The van der Waals surface area contributed by atoms with Crippen LogP contribution in [0.3, 0.4) is 0 Å². The molecule has 0 aliphatic carbocycles. The first-order valence-corrected chi connectivity index (χ1v) is 9.51. The number of para-hydroxylation sites is 3. The monoisotopic (exact) mass is 396 g/mol. The summed E-state index contributed by atoms with van der Waals surface area (Å²) in [5, 5.41) is 6.14. The van der Waals surface area contributed by atoms with Gasteiger partial charge in [-0.1, -0.05) is 36.4 Å². The van der Waals surface area contributed by atoms with Gasteiger partial charge in [-0.3, -0.25) is 14.8 Å². The van der Waals surface area contributed by atoms with Crippen LogP contribution in [0.25, 0.3) is 0 Å². The van der Waals surface area contributed by atoms with Gasteiger partial charge in [-0.2, -0.15) is 0 Å². The first kappa shape index (κ1) is 19.1. The van der Waals surface area contributed by atoms with Crippen molar-refractivity contribution < 1.29 is 9.53 Å². The average Bonchev–Trinajstić information content (AvgIpc) is 2.80. The second-order valence-corrected chi connectivity index (χ2v) is 6.47. The molecule has 1 amide bonds. The van der Waals surface area contributed by atoms with Crippen LogP contribution in [0, 0.1) is 0 Å². The molecule has 0 atom stereocenters. The number of aromatic nitrogens is 2. The van der Waals surface area contributed by atoms with Crippen molar-refractivity contribution in [3.8, 4) is 11.5 Å². The van der Waals surface area contributed by atoms with E-state index in [1.807, 2.05) is 72.8 Å². The third-order valence-electron chi connectivity index (χ3n) is 4.29. The van der Waals surface area contributed by atoms with E-state index in [9.17, 15) is 4.79 Å². The van der Waals surface area contributed by atoms with Gasteiger partial charge in [0.05, 0.1) is 17.9 Å². The summed E-state index contributed by atoms with van der Waals surface area (Å²) in [5.41, 5.74) is 2.62. The molecule has 2 heterocycles. The number of ether oxygens (including phenoxy) is 1. The maximum absolute atomic E-state index is 12.5. The summed E-state index contributed by atoms with van der Waals surface area (Å²) < 4.78 is 5.98. The van der Waals surface area contributed by atoms with Gasteiger partial charge < -0.3 is 15.4 Å². The zero-order valence-electron chi connectivity index (χ0n) is 16.2. The van der Waals surface area contributed by atoms with Gasteiger partial charge in [0, 0.05) is 18.1 Å². The number of amides is 1. The van der Waals surface area contributed by atoms with E-state index in [1.165, 1.54) is 0 Å². The summed E-state index contributed by atoms with van der Waals surface area (Å²) in [7, 11) is 0. The Morgan fingerprint density at radius 1 is 0.833 bits per heavy atom. The second-order valence-electron chi connectivity index (χ2n) is 6.47. The van der Waals surface area contributed by atoms with Crippen molar-refractivity contribution in [3.63, 3.8) is 0 Å². The Kier molecular flexibility index (Phi) is 5.96. The lowest BCUT2D eigenvalue weighted by molar-refractivity contribution is 0.0945. The third-order valence-corrected chi connectivity index (χ3v) is 4.29. The predicted octanol–water partition coefficient (Wildman–Crippen LogP) is 4.94. The van der Waals surface area contributed by atoms with Gasteiger partial charge in [-0.05, 0) is 48.5 Å². The number of rotatable bonds is 7. The van der Waals surface area contributed by atoms with Crippen molar-refractivity contribution in [2.24, 2.45) is 0 Å². The Labute approximate surface area is 174 Å². The highest BCUT2D eigenvalue weighted by Gasteiger charge is 2.10. The maximum atomic E-state index is 12.5. The molecule has 0 aliphatic rings. The normalized spacial score (nSPS) is 10.3. The first-order valence-electron chi connectivity index (χ1n) is 9.51. The smallest absolute Gasteiger partial charge is 0.270 e. The number of nitrogens with one attached hydrogen (secondary N) is 2. The average molecular weight is 396 g/mol. The first-order chi connectivity index (χ1) is 14.8. The zero-order chi connectivity index (χ0) is 20.6. The van der Waals surface area contributed by atoms with Gasteiger partial charge in [0.25, 0.3) is 5.91 Å². The molecule has 2 aromatic heterocycles. The number of nitrogens with zero attached hydrogens (tertiary/aromatic N) is 2. The van der Waals surface area contributed by atoms with Gasteiger partial charge >= 0.3 is 0 Å². The zero-order valence-corrected chi connectivity index (χ0v) is 16.2. The van der Waals surface area contributed by atoms with Crippen molar-refractivity contribution >= 4 is 17.3 Å². The molecule has 148 valence electrons. The van der Waals surface area contributed by atoms with E-state index in [0.29, 0.717) is 18.0 Å². The van der Waals surface area contributed by atoms with Crippen LogP contribution in [0.15, 0.2) is 97.3 Å². The van der Waals surface area contributed by atoms with E-state index in [4.69, 9.17) is 4.74 Å². The highest BCUT2D eigenvalue weighted by molar-refractivity contribution is 5.93. The van der Waals surface area contributed by atoms with E-state index in [-0.39, 0.29) is 5.91 Å². The molecule has 0 radical (unpaired) electrons. The number of anilines is 2. The minimum Gasteiger partial charge on any atom is -0.455 e. The third kappa shape index (κ3) is 4.99. The van der Waals surface area contributed by atoms with Crippen LogP contribution in [0.2, 0.25) is 0 Å². The lowest BCUT2D eigenvalue weighted by Crippen LogP contribution is -2.24. The SMILES string of the molecule is O=C(NCc1ccccn1)c1cc(Nc2ccccc2Oc2ccccc2)ccn1. The van der Waals surface area contributed by atoms with Crippen LogP contribution in [-0.2, 0) is 6.54 Å². The maximum Gasteiger partial charge on any atom is 0.270 e. The summed E-state index contributed by atoms with van der Waals surface area (Å²) in [5.74, 6) is 1.16. The molecule has 0 fully saturated rings. The van der Waals surface area contributed by atoms with Crippen LogP contribution < -0.4 is 15.4 Å². The molecule has 2 N–H and O–H groups in total. The van der Waals surface area contributed by atoms with Crippen LogP contribution in [-0.4, -0.2) is 15.9 Å². The number of benzene rings is 2. The Bertz CT molecular complexity index is 1120. The predicted molar refractivity (Wildman–Crippen MR) is 116 cm³/mol. The molecule has 0 saturated carbocycles. The fourth-order valence-corrected chi connectivity index (χ4v) is 2.83. The van der Waals surface area contributed by atoms with Crippen LogP contribution in [0.4, 0.5) is 11.4 Å². The number of carbonyl (C=O) groups excluding carboxylic acids is 1. The minimum absolute atomic E-state index is 0.266. The van der Waals surface area contributed by atoms with Crippen molar-refractivity contribution in [1.29, 1.82) is 0 Å². The van der Waals surface area contributed by atoms with Crippen LogP contribution in [0.1, 0.15) is 16.2 Å². The fourth-order valence-electron chi connectivity index (χ4n) is 2.83. The summed E-state index contributed by atoms with van der Waals surface area (Å²) >= 11 is 0. The van der Waals surface area contributed by atoms with E-state index in [2.05, 4.69) is 20.6 Å². The molecule has 0 bridgehead atoms. The van der Waals surface area contributed by atoms with Crippen molar-refractivity contribution in [1.82, 2.24) is 15.3 Å². The molecule has 0 spiro atoms. The quantitative estimate of drug-likeness (QED) is 0.463. The topological polar surface area (TPSA) is 76.1 Å². The van der Waals surface area contributed by atoms with Gasteiger partial charge in [-0.25, -0.2) is 0 Å². The Morgan fingerprint density at radius 2 is 1.63 bits per heavy atom. The van der Waals surface area contributed by atoms with Crippen molar-refractivity contribution in [2.45, 2.75) is 6.54 Å². The largest absolute Gasteiger partial charge is 0.455 e. The van der Waals surface area contributed by atoms with Gasteiger partial charge in [0.2, 0.25) is 0 Å². The molecule has 30 heavy (non-hydrogen) atoms. The second kappa shape index (κ2) is 9.34. The molecule has 0 unspecified atom stereocenters. The summed E-state index contributed by atoms with van der Waals surface area (Å²) in [6, 6.07) is 26.3. The fraction of sp³-hybridized carbons (Fsp3) is 0.0417. The van der Waals surface area contributed by atoms with E-state index in [0.717, 1.165) is 22.8 Å².